The van der Waals surface area contributed by atoms with Crippen LogP contribution in [0.25, 0.3) is 11.1 Å². The molecule has 36 heavy (non-hydrogen) atoms. The highest BCUT2D eigenvalue weighted by Crippen LogP contribution is 2.41. The third kappa shape index (κ3) is 5.91. The van der Waals surface area contributed by atoms with Gasteiger partial charge in [0.05, 0.1) is 6.67 Å². The predicted molar refractivity (Wildman–Crippen MR) is 145 cm³/mol. The first-order valence-electron chi connectivity index (χ1n) is 12.3. The number of halogens is 2. The highest BCUT2D eigenvalue weighted by Gasteiger charge is 2.24. The molecule has 1 saturated heterocycles. The Bertz CT molecular complexity index is 1190. The highest BCUT2D eigenvalue weighted by atomic mass is 35.5. The number of aromatic hydroxyl groups is 1. The van der Waals surface area contributed by atoms with Crippen LogP contribution >= 0.6 is 11.6 Å². The molecular weight excluding hydrogens is 475 g/mol. The molecule has 1 aliphatic carbocycles. The number of nitrogens with zero attached hydrogens (tertiary/aromatic N) is 2. The number of pyridine rings is 1. The van der Waals surface area contributed by atoms with Gasteiger partial charge in [0, 0.05) is 25.8 Å². The smallest absolute Gasteiger partial charge is 0.129 e. The van der Waals surface area contributed by atoms with Gasteiger partial charge in [-0.2, -0.15) is 0 Å². The van der Waals surface area contributed by atoms with Gasteiger partial charge >= 0.3 is 0 Å². The summed E-state index contributed by atoms with van der Waals surface area (Å²) in [6, 6.07) is 17.8. The molecule has 2 aromatic carbocycles. The van der Waals surface area contributed by atoms with Crippen molar-refractivity contribution in [3.05, 3.63) is 88.2 Å². The SMILES string of the molecule is C.Oc1ccc2c(c1)CCCC(c1ccc(Cl)nc1)=C2c1ccc(O[C@H]2CCN(CCCF)C2)cc1. The van der Waals surface area contributed by atoms with Crippen molar-refractivity contribution in [2.75, 3.05) is 26.3 Å². The van der Waals surface area contributed by atoms with E-state index in [1.165, 1.54) is 5.57 Å². The largest absolute Gasteiger partial charge is 0.508 e. The van der Waals surface area contributed by atoms with E-state index in [0.29, 0.717) is 17.3 Å². The Morgan fingerprint density at radius 3 is 2.61 bits per heavy atom. The Labute approximate surface area is 218 Å². The standard InChI is InChI=1S/C29H30ClFN2O2.CH4/c30-28-12-7-22(18-32-28)26-4-1-3-21-17-23(34)8-11-27(21)29(26)20-5-9-24(10-6-20)35-25-13-16-33(19-25)15-2-14-31;/h5-12,17-18,25,34H,1-4,13-16,19H2;1H4/t25-;/m0./s1. The van der Waals surface area contributed by atoms with E-state index in [-0.39, 0.29) is 20.2 Å². The molecule has 0 unspecified atom stereocenters. The zero-order valence-corrected chi connectivity index (χ0v) is 20.5. The van der Waals surface area contributed by atoms with Gasteiger partial charge < -0.3 is 9.84 Å². The van der Waals surface area contributed by atoms with Gasteiger partial charge in [-0.3, -0.25) is 9.29 Å². The minimum atomic E-state index is -0.268. The first kappa shape index (κ1) is 26.2. The second-order valence-corrected chi connectivity index (χ2v) is 9.70. The minimum Gasteiger partial charge on any atom is -0.508 e. The zero-order valence-electron chi connectivity index (χ0n) is 19.7. The van der Waals surface area contributed by atoms with Gasteiger partial charge in [-0.1, -0.05) is 43.3 Å². The first-order valence-corrected chi connectivity index (χ1v) is 12.7. The topological polar surface area (TPSA) is 45.6 Å². The molecule has 1 N–H and O–H groups in total. The lowest BCUT2D eigenvalue weighted by Gasteiger charge is -2.18. The molecule has 4 nitrogen and oxygen atoms in total. The molecule has 0 spiro atoms. The van der Waals surface area contributed by atoms with Crippen molar-refractivity contribution < 1.29 is 14.2 Å². The van der Waals surface area contributed by atoms with Gasteiger partial charge in [0.2, 0.25) is 0 Å². The van der Waals surface area contributed by atoms with Gasteiger partial charge in [-0.25, -0.2) is 4.98 Å². The molecular formula is C30H34ClFN2O2. The number of fused-ring (bicyclic) bond motifs is 1. The number of benzene rings is 2. The predicted octanol–water partition coefficient (Wildman–Crippen LogP) is 7.18. The average Bonchev–Trinajstić information content (AvgIpc) is 3.22. The Balaban J connectivity index is 0.00000304. The number of aromatic nitrogens is 1. The van der Waals surface area contributed by atoms with Crippen LogP contribution in [0.5, 0.6) is 11.5 Å². The number of hydrogen-bond donors (Lipinski definition) is 1. The normalized spacial score (nSPS) is 17.9. The van der Waals surface area contributed by atoms with Gasteiger partial charge in [0.15, 0.2) is 0 Å². The Hall–Kier alpha value is -2.89. The summed E-state index contributed by atoms with van der Waals surface area (Å²) in [7, 11) is 0. The van der Waals surface area contributed by atoms with Crippen molar-refractivity contribution in [3.8, 4) is 11.5 Å². The fourth-order valence-electron chi connectivity index (χ4n) is 5.22. The maximum atomic E-state index is 12.5. The lowest BCUT2D eigenvalue weighted by atomic mass is 9.88. The van der Waals surface area contributed by atoms with Crippen molar-refractivity contribution >= 4 is 22.7 Å². The van der Waals surface area contributed by atoms with Crippen LogP contribution in [0.4, 0.5) is 4.39 Å². The van der Waals surface area contributed by atoms with Crippen molar-refractivity contribution in [2.45, 2.75) is 45.6 Å². The molecule has 0 bridgehead atoms. The van der Waals surface area contributed by atoms with Crippen LogP contribution in [0, 0.1) is 0 Å². The lowest BCUT2D eigenvalue weighted by Crippen LogP contribution is -2.26. The fraction of sp³-hybridized carbons (Fsp3) is 0.367. The molecule has 3 aromatic rings. The van der Waals surface area contributed by atoms with Gasteiger partial charge in [0.25, 0.3) is 0 Å². The molecule has 2 heterocycles. The number of likely N-dealkylation sites (tertiary alicyclic amines) is 1. The van der Waals surface area contributed by atoms with Crippen LogP contribution in [-0.4, -0.2) is 47.4 Å². The maximum absolute atomic E-state index is 12.5. The molecule has 5 rings (SSSR count). The summed E-state index contributed by atoms with van der Waals surface area (Å²) < 4.78 is 18.7. The molecule has 1 atom stereocenters. The van der Waals surface area contributed by atoms with Crippen LogP contribution in [0.1, 0.15) is 55.4 Å². The van der Waals surface area contributed by atoms with E-state index in [9.17, 15) is 9.50 Å². The van der Waals surface area contributed by atoms with E-state index >= 15 is 0 Å². The molecule has 0 saturated carbocycles. The Kier molecular flexibility index (Phi) is 8.65. The molecule has 1 fully saturated rings. The van der Waals surface area contributed by atoms with Crippen LogP contribution in [0.15, 0.2) is 60.8 Å². The molecule has 0 radical (unpaired) electrons. The number of allylic oxidation sites excluding steroid dienone is 1. The third-order valence-corrected chi connectivity index (χ3v) is 7.12. The second-order valence-electron chi connectivity index (χ2n) is 9.31. The molecule has 190 valence electrons. The summed E-state index contributed by atoms with van der Waals surface area (Å²) in [6.45, 7) is 2.33. The number of hydrogen-bond acceptors (Lipinski definition) is 4. The summed E-state index contributed by atoms with van der Waals surface area (Å²) in [4.78, 5) is 6.60. The van der Waals surface area contributed by atoms with Crippen LogP contribution in [0.2, 0.25) is 5.15 Å². The maximum Gasteiger partial charge on any atom is 0.129 e. The lowest BCUT2D eigenvalue weighted by molar-refractivity contribution is 0.198. The van der Waals surface area contributed by atoms with Crippen molar-refractivity contribution in [3.63, 3.8) is 0 Å². The number of rotatable bonds is 7. The number of alkyl halides is 1. The van der Waals surface area contributed by atoms with Gasteiger partial charge in [-0.15, -0.1) is 0 Å². The minimum absolute atomic E-state index is 0. The van der Waals surface area contributed by atoms with Crippen molar-refractivity contribution in [2.24, 2.45) is 0 Å². The molecule has 1 aliphatic heterocycles. The number of ether oxygens (including phenoxy) is 1. The zero-order chi connectivity index (χ0) is 24.2. The Morgan fingerprint density at radius 2 is 1.86 bits per heavy atom. The van der Waals surface area contributed by atoms with Crippen LogP contribution < -0.4 is 4.74 Å². The highest BCUT2D eigenvalue weighted by molar-refractivity contribution is 6.29. The quantitative estimate of drug-likeness (QED) is 0.343. The van der Waals surface area contributed by atoms with E-state index < -0.39 is 0 Å². The second kappa shape index (κ2) is 11.9. The first-order chi connectivity index (χ1) is 17.1. The van der Waals surface area contributed by atoms with E-state index in [1.54, 1.807) is 6.07 Å². The summed E-state index contributed by atoms with van der Waals surface area (Å²) in [5, 5.41) is 10.6. The molecule has 6 heteroatoms. The number of phenols is 1. The van der Waals surface area contributed by atoms with Gasteiger partial charge in [-0.05, 0) is 95.8 Å². The Morgan fingerprint density at radius 1 is 1.06 bits per heavy atom. The summed E-state index contributed by atoms with van der Waals surface area (Å²) in [6.07, 6.45) is 6.32. The molecule has 1 aromatic heterocycles. The van der Waals surface area contributed by atoms with Crippen LogP contribution in [0.3, 0.4) is 0 Å². The van der Waals surface area contributed by atoms with E-state index in [1.807, 2.05) is 42.6 Å². The van der Waals surface area contributed by atoms with E-state index in [2.05, 4.69) is 22.0 Å². The van der Waals surface area contributed by atoms with Crippen molar-refractivity contribution in [1.82, 2.24) is 9.88 Å². The number of phenolic OH excluding ortho intramolecular Hbond substituents is 1. The number of aryl methyl sites for hydroxylation is 1. The van der Waals surface area contributed by atoms with E-state index in [0.717, 1.165) is 78.9 Å². The summed E-state index contributed by atoms with van der Waals surface area (Å²) in [5.41, 5.74) is 6.84. The average molecular weight is 509 g/mol. The third-order valence-electron chi connectivity index (χ3n) is 6.89. The molecule has 2 aliphatic rings. The van der Waals surface area contributed by atoms with E-state index in [4.69, 9.17) is 16.3 Å². The fourth-order valence-corrected chi connectivity index (χ4v) is 5.33. The van der Waals surface area contributed by atoms with Gasteiger partial charge in [0.1, 0.15) is 22.8 Å². The monoisotopic (exact) mass is 508 g/mol. The van der Waals surface area contributed by atoms with Crippen LogP contribution in [-0.2, 0) is 6.42 Å². The molecule has 0 amide bonds. The summed E-state index contributed by atoms with van der Waals surface area (Å²) in [5.74, 6) is 1.14. The summed E-state index contributed by atoms with van der Waals surface area (Å²) >= 11 is 6.07. The van der Waals surface area contributed by atoms with Crippen molar-refractivity contribution in [1.29, 1.82) is 0 Å².